The zero-order valence-electron chi connectivity index (χ0n) is 42.6. The van der Waals surface area contributed by atoms with Gasteiger partial charge in [-0.3, -0.25) is 14.4 Å². The molecule has 0 rings (SSSR count). The van der Waals surface area contributed by atoms with Crippen molar-refractivity contribution in [2.75, 3.05) is 13.2 Å². The molecule has 64 heavy (non-hydrogen) atoms. The first-order valence-electron chi connectivity index (χ1n) is 27.6. The van der Waals surface area contributed by atoms with E-state index in [9.17, 15) is 14.4 Å². The van der Waals surface area contributed by atoms with Crippen molar-refractivity contribution in [1.29, 1.82) is 0 Å². The normalized spacial score (nSPS) is 12.4. The van der Waals surface area contributed by atoms with E-state index < -0.39 is 6.10 Å². The number of esters is 3. The lowest BCUT2D eigenvalue weighted by atomic mass is 10.0. The molecule has 0 bridgehead atoms. The lowest BCUT2D eigenvalue weighted by Crippen LogP contribution is -2.30. The Kier molecular flexibility index (Phi) is 50.8. The summed E-state index contributed by atoms with van der Waals surface area (Å²) in [5, 5.41) is 0. The van der Waals surface area contributed by atoms with Crippen LogP contribution in [0, 0.1) is 0 Å². The number of hydrogen-bond acceptors (Lipinski definition) is 6. The van der Waals surface area contributed by atoms with Crippen molar-refractivity contribution in [3.8, 4) is 0 Å². The molecule has 0 fully saturated rings. The highest BCUT2D eigenvalue weighted by atomic mass is 16.6. The van der Waals surface area contributed by atoms with Gasteiger partial charge in [0.1, 0.15) is 13.2 Å². The summed E-state index contributed by atoms with van der Waals surface area (Å²) in [5.74, 6) is -0.924. The SMILES string of the molecule is CCCCC/C=C\C/C=C\C/C=C\CCCCC(=O)O[C@@H](COC(=O)CCCCCCC/C=C\CCCCCCCCC)COC(=O)CCCCCCCCCCCCCCCCC. The smallest absolute Gasteiger partial charge is 0.306 e. The van der Waals surface area contributed by atoms with Gasteiger partial charge in [0.25, 0.3) is 0 Å². The predicted octanol–water partition coefficient (Wildman–Crippen LogP) is 18.3. The number of carbonyl (C=O) groups is 3. The van der Waals surface area contributed by atoms with Crippen LogP contribution in [0.25, 0.3) is 0 Å². The van der Waals surface area contributed by atoms with Crippen molar-refractivity contribution in [2.24, 2.45) is 0 Å². The minimum atomic E-state index is -0.793. The van der Waals surface area contributed by atoms with Gasteiger partial charge in [0, 0.05) is 19.3 Å². The van der Waals surface area contributed by atoms with Crippen LogP contribution in [0.15, 0.2) is 48.6 Å². The van der Waals surface area contributed by atoms with E-state index in [1.807, 2.05) is 0 Å². The summed E-state index contributed by atoms with van der Waals surface area (Å²) >= 11 is 0. The van der Waals surface area contributed by atoms with Gasteiger partial charge < -0.3 is 14.2 Å². The Morgan fingerprint density at radius 1 is 0.312 bits per heavy atom. The van der Waals surface area contributed by atoms with Crippen LogP contribution in [-0.2, 0) is 28.6 Å². The molecular formula is C58H104O6. The number of hydrogen-bond donors (Lipinski definition) is 0. The third kappa shape index (κ3) is 50.4. The Balaban J connectivity index is 4.42. The summed E-state index contributed by atoms with van der Waals surface area (Å²) in [7, 11) is 0. The minimum absolute atomic E-state index is 0.0883. The average molecular weight is 897 g/mol. The maximum absolute atomic E-state index is 12.8. The zero-order valence-corrected chi connectivity index (χ0v) is 42.6. The average Bonchev–Trinajstić information content (AvgIpc) is 3.29. The maximum atomic E-state index is 12.8. The summed E-state index contributed by atoms with van der Waals surface area (Å²) in [5.41, 5.74) is 0. The van der Waals surface area contributed by atoms with Crippen molar-refractivity contribution in [2.45, 2.75) is 290 Å². The van der Waals surface area contributed by atoms with E-state index >= 15 is 0 Å². The fraction of sp³-hybridized carbons (Fsp3) is 0.810. The van der Waals surface area contributed by atoms with Crippen molar-refractivity contribution < 1.29 is 28.6 Å². The van der Waals surface area contributed by atoms with Gasteiger partial charge in [-0.05, 0) is 83.5 Å². The molecule has 0 aromatic rings. The van der Waals surface area contributed by atoms with E-state index in [1.165, 1.54) is 167 Å². The van der Waals surface area contributed by atoms with Crippen LogP contribution < -0.4 is 0 Å². The molecule has 0 aromatic heterocycles. The highest BCUT2D eigenvalue weighted by molar-refractivity contribution is 5.71. The molecule has 1 atom stereocenters. The second kappa shape index (κ2) is 53.0. The van der Waals surface area contributed by atoms with Crippen LogP contribution in [0.1, 0.15) is 284 Å². The molecule has 372 valence electrons. The molecule has 0 saturated heterocycles. The summed E-state index contributed by atoms with van der Waals surface area (Å²) in [6.07, 6.45) is 63.8. The Morgan fingerprint density at radius 2 is 0.562 bits per heavy atom. The summed E-state index contributed by atoms with van der Waals surface area (Å²) in [4.78, 5) is 38.0. The van der Waals surface area contributed by atoms with Crippen LogP contribution in [0.5, 0.6) is 0 Å². The largest absolute Gasteiger partial charge is 0.462 e. The Bertz CT molecular complexity index is 1120. The molecule has 0 aromatic carbocycles. The van der Waals surface area contributed by atoms with Gasteiger partial charge in [0.05, 0.1) is 0 Å². The van der Waals surface area contributed by atoms with Crippen molar-refractivity contribution in [3.63, 3.8) is 0 Å². The molecule has 0 aliphatic rings. The van der Waals surface area contributed by atoms with E-state index in [4.69, 9.17) is 14.2 Å². The lowest BCUT2D eigenvalue weighted by Gasteiger charge is -2.18. The van der Waals surface area contributed by atoms with Crippen LogP contribution in [0.3, 0.4) is 0 Å². The van der Waals surface area contributed by atoms with Gasteiger partial charge in [-0.15, -0.1) is 0 Å². The van der Waals surface area contributed by atoms with E-state index in [-0.39, 0.29) is 37.5 Å². The topological polar surface area (TPSA) is 78.9 Å². The molecule has 0 heterocycles. The fourth-order valence-corrected chi connectivity index (χ4v) is 7.86. The number of ether oxygens (including phenoxy) is 3. The fourth-order valence-electron chi connectivity index (χ4n) is 7.86. The monoisotopic (exact) mass is 897 g/mol. The van der Waals surface area contributed by atoms with E-state index in [2.05, 4.69) is 69.4 Å². The maximum Gasteiger partial charge on any atom is 0.306 e. The first-order chi connectivity index (χ1) is 31.5. The predicted molar refractivity (Wildman–Crippen MR) is 275 cm³/mol. The van der Waals surface area contributed by atoms with Gasteiger partial charge >= 0.3 is 17.9 Å². The molecule has 0 unspecified atom stereocenters. The second-order valence-electron chi connectivity index (χ2n) is 18.5. The molecule has 0 aliphatic carbocycles. The first kappa shape index (κ1) is 61.4. The number of rotatable bonds is 50. The summed E-state index contributed by atoms with van der Waals surface area (Å²) in [6.45, 7) is 6.59. The number of allylic oxidation sites excluding steroid dienone is 8. The van der Waals surface area contributed by atoms with Crippen LogP contribution >= 0.6 is 0 Å². The van der Waals surface area contributed by atoms with E-state index in [0.29, 0.717) is 19.3 Å². The van der Waals surface area contributed by atoms with Crippen LogP contribution in [-0.4, -0.2) is 37.2 Å². The van der Waals surface area contributed by atoms with Gasteiger partial charge in [0.2, 0.25) is 0 Å². The third-order valence-corrected chi connectivity index (χ3v) is 12.1. The molecule has 0 saturated carbocycles. The van der Waals surface area contributed by atoms with Crippen molar-refractivity contribution >= 4 is 17.9 Å². The Labute approximate surface area is 397 Å². The van der Waals surface area contributed by atoms with Crippen LogP contribution in [0.2, 0.25) is 0 Å². The molecule has 6 nitrogen and oxygen atoms in total. The second-order valence-corrected chi connectivity index (χ2v) is 18.5. The minimum Gasteiger partial charge on any atom is -0.462 e. The lowest BCUT2D eigenvalue weighted by molar-refractivity contribution is -0.167. The number of unbranched alkanes of at least 4 members (excludes halogenated alkanes) is 31. The van der Waals surface area contributed by atoms with Gasteiger partial charge in [-0.2, -0.15) is 0 Å². The quantitative estimate of drug-likeness (QED) is 0.0262. The number of carbonyl (C=O) groups excluding carboxylic acids is 3. The molecule has 0 N–H and O–H groups in total. The Hall–Kier alpha value is -2.63. The molecular weight excluding hydrogens is 793 g/mol. The summed E-state index contributed by atoms with van der Waals surface area (Å²) in [6, 6.07) is 0. The van der Waals surface area contributed by atoms with E-state index in [1.54, 1.807) is 0 Å². The van der Waals surface area contributed by atoms with Crippen molar-refractivity contribution in [3.05, 3.63) is 48.6 Å². The van der Waals surface area contributed by atoms with Crippen LogP contribution in [0.4, 0.5) is 0 Å². The van der Waals surface area contributed by atoms with Gasteiger partial charge in [-0.25, -0.2) is 0 Å². The highest BCUT2D eigenvalue weighted by Gasteiger charge is 2.19. The van der Waals surface area contributed by atoms with Gasteiger partial charge in [0.15, 0.2) is 6.10 Å². The first-order valence-corrected chi connectivity index (χ1v) is 27.6. The Morgan fingerprint density at radius 3 is 0.953 bits per heavy atom. The van der Waals surface area contributed by atoms with E-state index in [0.717, 1.165) is 70.6 Å². The standard InChI is InChI=1S/C58H104O6/c1-4-7-10-13-16-19-22-25-28-31-33-36-39-42-45-48-51-57(60)63-54-55(64-58(61)52-49-46-43-40-37-34-30-27-24-21-18-15-12-9-6-3)53-62-56(59)50-47-44-41-38-35-32-29-26-23-20-17-14-11-8-5-2/h18,21,27-28,30-31,37,40,55H,4-17,19-20,22-26,29,32-36,38-39,41-54H2,1-3H3/b21-18-,30-27-,31-28-,40-37-/t55-/m1/s1. The molecule has 0 aliphatic heterocycles. The zero-order chi connectivity index (χ0) is 46.5. The summed E-state index contributed by atoms with van der Waals surface area (Å²) < 4.78 is 16.8. The highest BCUT2D eigenvalue weighted by Crippen LogP contribution is 2.15. The molecule has 0 amide bonds. The van der Waals surface area contributed by atoms with Crippen molar-refractivity contribution in [1.82, 2.24) is 0 Å². The molecule has 0 spiro atoms. The van der Waals surface area contributed by atoms with Gasteiger partial charge in [-0.1, -0.05) is 230 Å². The molecule has 6 heteroatoms. The molecule has 0 radical (unpaired) electrons. The third-order valence-electron chi connectivity index (χ3n) is 12.1.